The third-order valence-electron chi connectivity index (χ3n) is 2.50. The van der Waals surface area contributed by atoms with Crippen molar-refractivity contribution in [1.82, 2.24) is 5.32 Å². The first-order valence-electron chi connectivity index (χ1n) is 6.01. The van der Waals surface area contributed by atoms with Crippen LogP contribution in [0.1, 0.15) is 24.1 Å². The van der Waals surface area contributed by atoms with Crippen LogP contribution in [0.5, 0.6) is 5.75 Å². The number of halogens is 3. The highest BCUT2D eigenvalue weighted by molar-refractivity contribution is 5.77. The third-order valence-corrected chi connectivity index (χ3v) is 2.50. The van der Waals surface area contributed by atoms with Gasteiger partial charge in [-0.05, 0) is 19.9 Å². The molecule has 0 spiro atoms. The van der Waals surface area contributed by atoms with E-state index >= 15 is 0 Å². The van der Waals surface area contributed by atoms with Crippen LogP contribution >= 0.6 is 0 Å². The number of ether oxygens (including phenoxy) is 1. The van der Waals surface area contributed by atoms with E-state index in [1.54, 1.807) is 24.4 Å². The molecule has 0 aromatic heterocycles. The first-order chi connectivity index (χ1) is 9.19. The Hall–Kier alpha value is -1.76. The zero-order chi connectivity index (χ0) is 15.3. The Kier molecular flexibility index (Phi) is 5.38. The highest BCUT2D eigenvalue weighted by Crippen LogP contribution is 2.24. The molecule has 0 aliphatic carbocycles. The number of nitrogens with two attached hydrogens (primary N) is 1. The van der Waals surface area contributed by atoms with E-state index < -0.39 is 25.2 Å². The predicted octanol–water partition coefficient (Wildman–Crippen LogP) is 2.07. The summed E-state index contributed by atoms with van der Waals surface area (Å²) in [6.45, 7) is 1.78. The molecule has 0 unspecified atom stereocenters. The minimum Gasteiger partial charge on any atom is -0.483 e. The van der Waals surface area contributed by atoms with Crippen molar-refractivity contribution in [2.24, 2.45) is 5.73 Å². The molecule has 1 aromatic rings. The van der Waals surface area contributed by atoms with E-state index in [0.717, 1.165) is 5.56 Å². The Balaban J connectivity index is 2.59. The molecule has 1 atom stereocenters. The smallest absolute Gasteiger partial charge is 0.405 e. The number of amides is 1. The maximum absolute atomic E-state index is 11.9. The van der Waals surface area contributed by atoms with E-state index in [4.69, 9.17) is 10.5 Å². The Morgan fingerprint density at radius 2 is 2.10 bits per heavy atom. The van der Waals surface area contributed by atoms with Gasteiger partial charge >= 0.3 is 6.18 Å². The number of rotatable bonds is 5. The van der Waals surface area contributed by atoms with Gasteiger partial charge in [0.05, 0.1) is 0 Å². The van der Waals surface area contributed by atoms with E-state index in [1.807, 2.05) is 13.0 Å². The molecule has 0 radical (unpaired) electrons. The van der Waals surface area contributed by atoms with E-state index in [2.05, 4.69) is 0 Å². The Morgan fingerprint density at radius 3 is 2.65 bits per heavy atom. The lowest BCUT2D eigenvalue weighted by Crippen LogP contribution is -2.36. The maximum atomic E-state index is 11.9. The molecule has 7 heteroatoms. The number of benzene rings is 1. The van der Waals surface area contributed by atoms with Crippen LogP contribution in [0.25, 0.3) is 0 Å². The van der Waals surface area contributed by atoms with Gasteiger partial charge in [0, 0.05) is 11.6 Å². The number of hydrogen-bond acceptors (Lipinski definition) is 3. The summed E-state index contributed by atoms with van der Waals surface area (Å²) < 4.78 is 41.0. The summed E-state index contributed by atoms with van der Waals surface area (Å²) >= 11 is 0. The molecule has 1 amide bonds. The van der Waals surface area contributed by atoms with Crippen molar-refractivity contribution in [3.8, 4) is 5.75 Å². The molecular formula is C13H17F3N2O2. The fraction of sp³-hybridized carbons (Fsp3) is 0.462. The fourth-order valence-electron chi connectivity index (χ4n) is 1.55. The molecule has 3 N–H and O–H groups in total. The molecule has 0 aliphatic heterocycles. The van der Waals surface area contributed by atoms with Gasteiger partial charge in [-0.2, -0.15) is 13.2 Å². The fourth-order valence-corrected chi connectivity index (χ4v) is 1.55. The van der Waals surface area contributed by atoms with E-state index in [0.29, 0.717) is 11.3 Å². The number of alkyl halides is 3. The SMILES string of the molecule is Cc1ccc(OCC(=O)NCC(F)(F)F)c([C@H](C)N)c1. The number of nitrogens with one attached hydrogen (secondary N) is 1. The molecule has 1 rings (SSSR count). The molecule has 0 aliphatic rings. The van der Waals surface area contributed by atoms with Gasteiger partial charge in [-0.3, -0.25) is 4.79 Å². The Morgan fingerprint density at radius 1 is 1.45 bits per heavy atom. The molecule has 0 bridgehead atoms. The molecule has 112 valence electrons. The van der Waals surface area contributed by atoms with Gasteiger partial charge in [0.1, 0.15) is 12.3 Å². The van der Waals surface area contributed by atoms with E-state index in [1.165, 1.54) is 0 Å². The second kappa shape index (κ2) is 6.60. The topological polar surface area (TPSA) is 64.3 Å². The van der Waals surface area contributed by atoms with Gasteiger partial charge in [0.2, 0.25) is 0 Å². The van der Waals surface area contributed by atoms with E-state index in [-0.39, 0.29) is 6.04 Å². The highest BCUT2D eigenvalue weighted by Gasteiger charge is 2.27. The molecule has 1 aromatic carbocycles. The molecular weight excluding hydrogens is 273 g/mol. The van der Waals surface area contributed by atoms with Crippen LogP contribution in [0, 0.1) is 6.92 Å². The summed E-state index contributed by atoms with van der Waals surface area (Å²) in [6, 6.07) is 4.93. The van der Waals surface area contributed by atoms with Crippen LogP contribution in [0.15, 0.2) is 18.2 Å². The van der Waals surface area contributed by atoms with Crippen molar-refractivity contribution in [1.29, 1.82) is 0 Å². The number of hydrogen-bond donors (Lipinski definition) is 2. The zero-order valence-corrected chi connectivity index (χ0v) is 11.3. The summed E-state index contributed by atoms with van der Waals surface area (Å²) in [5, 5.41) is 1.73. The molecule has 0 fully saturated rings. The van der Waals surface area contributed by atoms with Crippen LogP contribution < -0.4 is 15.8 Å². The van der Waals surface area contributed by atoms with Gasteiger partial charge in [-0.25, -0.2) is 0 Å². The van der Waals surface area contributed by atoms with E-state index in [9.17, 15) is 18.0 Å². The second-order valence-corrected chi connectivity index (χ2v) is 4.51. The van der Waals surface area contributed by atoms with Gasteiger partial charge in [0.15, 0.2) is 6.61 Å². The lowest BCUT2D eigenvalue weighted by molar-refractivity contribution is -0.139. The van der Waals surface area contributed by atoms with Crippen LogP contribution in [-0.4, -0.2) is 25.2 Å². The molecule has 0 heterocycles. The average Bonchev–Trinajstić information content (AvgIpc) is 2.33. The largest absolute Gasteiger partial charge is 0.483 e. The summed E-state index contributed by atoms with van der Waals surface area (Å²) in [4.78, 5) is 11.2. The van der Waals surface area contributed by atoms with Crippen LogP contribution in [0.3, 0.4) is 0 Å². The lowest BCUT2D eigenvalue weighted by atomic mass is 10.1. The first-order valence-corrected chi connectivity index (χ1v) is 6.01. The zero-order valence-electron chi connectivity index (χ0n) is 11.3. The van der Waals surface area contributed by atoms with Gasteiger partial charge in [0.25, 0.3) is 5.91 Å². The minimum atomic E-state index is -4.43. The van der Waals surface area contributed by atoms with Crippen LogP contribution in [0.4, 0.5) is 13.2 Å². The second-order valence-electron chi connectivity index (χ2n) is 4.51. The van der Waals surface area contributed by atoms with Gasteiger partial charge in [-0.15, -0.1) is 0 Å². The third kappa shape index (κ3) is 5.48. The van der Waals surface area contributed by atoms with Crippen LogP contribution in [-0.2, 0) is 4.79 Å². The van der Waals surface area contributed by atoms with Gasteiger partial charge < -0.3 is 15.8 Å². The van der Waals surface area contributed by atoms with Gasteiger partial charge in [-0.1, -0.05) is 17.7 Å². The highest BCUT2D eigenvalue weighted by atomic mass is 19.4. The summed E-state index contributed by atoms with van der Waals surface area (Å²) in [7, 11) is 0. The number of carbonyl (C=O) groups is 1. The average molecular weight is 290 g/mol. The number of carbonyl (C=O) groups excluding carboxylic acids is 1. The maximum Gasteiger partial charge on any atom is 0.405 e. The van der Waals surface area contributed by atoms with Crippen molar-refractivity contribution < 1.29 is 22.7 Å². The molecule has 20 heavy (non-hydrogen) atoms. The van der Waals surface area contributed by atoms with Crippen molar-refractivity contribution in [2.45, 2.75) is 26.1 Å². The standard InChI is InChI=1S/C13H17F3N2O2/c1-8-3-4-11(10(5-8)9(2)17)20-6-12(19)18-7-13(14,15)16/h3-5,9H,6-7,17H2,1-2H3,(H,18,19)/t9-/m0/s1. The normalized spacial score (nSPS) is 12.9. The first kappa shape index (κ1) is 16.3. The Bertz CT molecular complexity index is 473. The molecule has 4 nitrogen and oxygen atoms in total. The number of aryl methyl sites for hydroxylation is 1. The summed E-state index contributed by atoms with van der Waals surface area (Å²) in [5.41, 5.74) is 7.46. The van der Waals surface area contributed by atoms with Crippen LogP contribution in [0.2, 0.25) is 0 Å². The lowest BCUT2D eigenvalue weighted by Gasteiger charge is -2.15. The monoisotopic (exact) mass is 290 g/mol. The van der Waals surface area contributed by atoms with Crippen molar-refractivity contribution in [3.63, 3.8) is 0 Å². The van der Waals surface area contributed by atoms with Crippen molar-refractivity contribution in [2.75, 3.05) is 13.2 Å². The summed E-state index contributed by atoms with van der Waals surface area (Å²) in [6.07, 6.45) is -4.43. The molecule has 0 saturated carbocycles. The van der Waals surface area contributed by atoms with Crippen molar-refractivity contribution >= 4 is 5.91 Å². The minimum absolute atomic E-state index is 0.303. The van der Waals surface area contributed by atoms with Crippen molar-refractivity contribution in [3.05, 3.63) is 29.3 Å². The quantitative estimate of drug-likeness (QED) is 0.872. The predicted molar refractivity (Wildman–Crippen MR) is 68.3 cm³/mol. The molecule has 0 saturated heterocycles. The Labute approximate surface area is 115 Å². The summed E-state index contributed by atoms with van der Waals surface area (Å²) in [5.74, 6) is -0.439.